The molecule has 1 heterocycles. The highest BCUT2D eigenvalue weighted by molar-refractivity contribution is 6.31. The molecule has 96 valence electrons. The lowest BCUT2D eigenvalue weighted by Crippen LogP contribution is -2.10. The number of nitrogens with one attached hydrogen (secondary N) is 1. The van der Waals surface area contributed by atoms with Gasteiger partial charge in [0.05, 0.1) is 6.54 Å². The molecular formula is C12H16ClN5. The number of hydrogen-bond donors (Lipinski definition) is 1. The van der Waals surface area contributed by atoms with Gasteiger partial charge in [-0.25, -0.2) is 4.68 Å². The second-order valence-corrected chi connectivity index (χ2v) is 4.49. The van der Waals surface area contributed by atoms with Crippen molar-refractivity contribution in [3.05, 3.63) is 34.6 Å². The fourth-order valence-electron chi connectivity index (χ4n) is 1.71. The number of tetrazole rings is 1. The van der Waals surface area contributed by atoms with Gasteiger partial charge in [-0.15, -0.1) is 5.10 Å². The van der Waals surface area contributed by atoms with E-state index in [0.717, 1.165) is 35.1 Å². The van der Waals surface area contributed by atoms with Crippen molar-refractivity contribution in [3.63, 3.8) is 0 Å². The highest BCUT2D eigenvalue weighted by Gasteiger charge is 2.06. The van der Waals surface area contributed by atoms with Crippen molar-refractivity contribution in [2.75, 3.05) is 5.32 Å². The Bertz CT molecular complexity index is 523. The second-order valence-electron chi connectivity index (χ2n) is 4.08. The van der Waals surface area contributed by atoms with Gasteiger partial charge in [0.2, 0.25) is 0 Å². The standard InChI is InChI=1S/C12H16ClN5/c1-3-7-18-12(15-16-17-18)8-14-11-6-4-5-10(13)9(11)2/h4-6,14H,3,7-8H2,1-2H3. The highest BCUT2D eigenvalue weighted by Crippen LogP contribution is 2.23. The molecule has 0 aliphatic carbocycles. The first kappa shape index (κ1) is 12.8. The third-order valence-corrected chi connectivity index (χ3v) is 3.16. The predicted octanol–water partition coefficient (Wildman–Crippen LogP) is 2.66. The van der Waals surface area contributed by atoms with E-state index >= 15 is 0 Å². The van der Waals surface area contributed by atoms with Gasteiger partial charge in [0, 0.05) is 17.3 Å². The van der Waals surface area contributed by atoms with Gasteiger partial charge in [0.15, 0.2) is 5.82 Å². The van der Waals surface area contributed by atoms with Crippen molar-refractivity contribution < 1.29 is 0 Å². The molecule has 5 nitrogen and oxygen atoms in total. The van der Waals surface area contributed by atoms with E-state index in [1.807, 2.05) is 29.8 Å². The van der Waals surface area contributed by atoms with E-state index in [4.69, 9.17) is 11.6 Å². The summed E-state index contributed by atoms with van der Waals surface area (Å²) in [6.07, 6.45) is 1.01. The molecule has 0 radical (unpaired) electrons. The fourth-order valence-corrected chi connectivity index (χ4v) is 1.88. The van der Waals surface area contributed by atoms with Crippen LogP contribution in [0.5, 0.6) is 0 Å². The van der Waals surface area contributed by atoms with Gasteiger partial charge in [-0.2, -0.15) is 0 Å². The van der Waals surface area contributed by atoms with Crippen LogP contribution in [-0.2, 0) is 13.1 Å². The van der Waals surface area contributed by atoms with Gasteiger partial charge >= 0.3 is 0 Å². The first-order chi connectivity index (χ1) is 8.72. The second kappa shape index (κ2) is 5.82. The molecule has 0 aliphatic heterocycles. The molecule has 0 bridgehead atoms. The summed E-state index contributed by atoms with van der Waals surface area (Å²) in [6.45, 7) is 5.51. The summed E-state index contributed by atoms with van der Waals surface area (Å²) in [6, 6.07) is 5.80. The number of anilines is 1. The van der Waals surface area contributed by atoms with Crippen molar-refractivity contribution in [2.45, 2.75) is 33.4 Å². The predicted molar refractivity (Wildman–Crippen MR) is 71.6 cm³/mol. The van der Waals surface area contributed by atoms with Crippen LogP contribution in [0.1, 0.15) is 24.7 Å². The average molecular weight is 266 g/mol. The molecule has 1 aromatic carbocycles. The lowest BCUT2D eigenvalue weighted by Gasteiger charge is -2.10. The summed E-state index contributed by atoms with van der Waals surface area (Å²) < 4.78 is 1.81. The zero-order valence-electron chi connectivity index (χ0n) is 10.5. The first-order valence-electron chi connectivity index (χ1n) is 5.96. The Labute approximate surface area is 111 Å². The van der Waals surface area contributed by atoms with E-state index in [-0.39, 0.29) is 0 Å². The minimum atomic E-state index is 0.591. The van der Waals surface area contributed by atoms with Crippen LogP contribution in [0.4, 0.5) is 5.69 Å². The quantitative estimate of drug-likeness (QED) is 0.903. The number of hydrogen-bond acceptors (Lipinski definition) is 4. The maximum absolute atomic E-state index is 6.07. The summed E-state index contributed by atoms with van der Waals surface area (Å²) >= 11 is 6.07. The maximum Gasteiger partial charge on any atom is 0.170 e. The number of nitrogens with zero attached hydrogens (tertiary/aromatic N) is 4. The Morgan fingerprint density at radius 1 is 1.39 bits per heavy atom. The monoisotopic (exact) mass is 265 g/mol. The summed E-state index contributed by atoms with van der Waals surface area (Å²) in [4.78, 5) is 0. The molecular weight excluding hydrogens is 250 g/mol. The summed E-state index contributed by atoms with van der Waals surface area (Å²) in [7, 11) is 0. The number of benzene rings is 1. The molecule has 6 heteroatoms. The van der Waals surface area contributed by atoms with Gasteiger partial charge in [-0.1, -0.05) is 24.6 Å². The van der Waals surface area contributed by atoms with Crippen molar-refractivity contribution in [2.24, 2.45) is 0 Å². The number of aryl methyl sites for hydroxylation is 1. The Balaban J connectivity index is 2.07. The molecule has 1 aromatic heterocycles. The van der Waals surface area contributed by atoms with Crippen LogP contribution < -0.4 is 5.32 Å². The van der Waals surface area contributed by atoms with Crippen LogP contribution >= 0.6 is 11.6 Å². The van der Waals surface area contributed by atoms with E-state index in [1.165, 1.54) is 0 Å². The third-order valence-electron chi connectivity index (χ3n) is 2.75. The normalized spacial score (nSPS) is 10.6. The van der Waals surface area contributed by atoms with E-state index in [0.29, 0.717) is 6.54 Å². The summed E-state index contributed by atoms with van der Waals surface area (Å²) in [5.41, 5.74) is 2.04. The molecule has 0 spiro atoms. The number of halogens is 1. The fraction of sp³-hybridized carbons (Fsp3) is 0.417. The lowest BCUT2D eigenvalue weighted by atomic mass is 10.2. The van der Waals surface area contributed by atoms with Gasteiger partial charge in [-0.3, -0.25) is 0 Å². The van der Waals surface area contributed by atoms with Crippen molar-refractivity contribution >= 4 is 17.3 Å². The summed E-state index contributed by atoms with van der Waals surface area (Å²) in [5, 5.41) is 15.7. The molecule has 0 amide bonds. The molecule has 1 N–H and O–H groups in total. The molecule has 0 aliphatic rings. The summed E-state index contributed by atoms with van der Waals surface area (Å²) in [5.74, 6) is 0.830. The Hall–Kier alpha value is -1.62. The molecule has 2 aromatic rings. The maximum atomic E-state index is 6.07. The largest absolute Gasteiger partial charge is 0.377 e. The van der Waals surface area contributed by atoms with Gasteiger partial charge in [0.1, 0.15) is 0 Å². The Morgan fingerprint density at radius 3 is 3.00 bits per heavy atom. The van der Waals surface area contributed by atoms with Crippen molar-refractivity contribution in [3.8, 4) is 0 Å². The SMILES string of the molecule is CCCn1nnnc1CNc1cccc(Cl)c1C. The molecule has 0 saturated carbocycles. The van der Waals surface area contributed by atoms with Gasteiger partial charge in [0.25, 0.3) is 0 Å². The van der Waals surface area contributed by atoms with E-state index in [9.17, 15) is 0 Å². The average Bonchev–Trinajstić information content (AvgIpc) is 2.79. The van der Waals surface area contributed by atoms with E-state index < -0.39 is 0 Å². The van der Waals surface area contributed by atoms with Crippen LogP contribution in [0.2, 0.25) is 5.02 Å². The van der Waals surface area contributed by atoms with E-state index in [2.05, 4.69) is 27.8 Å². The minimum Gasteiger partial charge on any atom is -0.377 e. The molecule has 0 saturated heterocycles. The third kappa shape index (κ3) is 2.79. The number of aromatic nitrogens is 4. The van der Waals surface area contributed by atoms with Crippen LogP contribution in [-0.4, -0.2) is 20.2 Å². The topological polar surface area (TPSA) is 55.6 Å². The Kier molecular flexibility index (Phi) is 4.15. The van der Waals surface area contributed by atoms with Crippen LogP contribution in [0.15, 0.2) is 18.2 Å². The van der Waals surface area contributed by atoms with Crippen LogP contribution in [0, 0.1) is 6.92 Å². The lowest BCUT2D eigenvalue weighted by molar-refractivity contribution is 0.558. The minimum absolute atomic E-state index is 0.591. The number of rotatable bonds is 5. The highest BCUT2D eigenvalue weighted by atomic mass is 35.5. The zero-order chi connectivity index (χ0) is 13.0. The van der Waals surface area contributed by atoms with Gasteiger partial charge < -0.3 is 5.32 Å². The van der Waals surface area contributed by atoms with Crippen LogP contribution in [0.25, 0.3) is 0 Å². The van der Waals surface area contributed by atoms with Gasteiger partial charge in [-0.05, 0) is 41.5 Å². The zero-order valence-corrected chi connectivity index (χ0v) is 11.3. The van der Waals surface area contributed by atoms with Crippen molar-refractivity contribution in [1.29, 1.82) is 0 Å². The molecule has 0 unspecified atom stereocenters. The molecule has 0 fully saturated rings. The molecule has 2 rings (SSSR count). The van der Waals surface area contributed by atoms with Crippen LogP contribution in [0.3, 0.4) is 0 Å². The molecule has 0 atom stereocenters. The first-order valence-corrected chi connectivity index (χ1v) is 6.34. The van der Waals surface area contributed by atoms with Crippen molar-refractivity contribution in [1.82, 2.24) is 20.2 Å². The smallest absolute Gasteiger partial charge is 0.170 e. The molecule has 18 heavy (non-hydrogen) atoms. The Morgan fingerprint density at radius 2 is 2.22 bits per heavy atom. The van der Waals surface area contributed by atoms with E-state index in [1.54, 1.807) is 0 Å².